The molecule has 0 saturated carbocycles. The molecule has 0 N–H and O–H groups in total. The predicted octanol–water partition coefficient (Wildman–Crippen LogP) is 14.9. The smallest absolute Gasteiger partial charge is 0.143 e. The van der Waals surface area contributed by atoms with E-state index < -0.39 is 0 Å². The van der Waals surface area contributed by atoms with Crippen molar-refractivity contribution in [2.24, 2.45) is 0 Å². The maximum atomic E-state index is 6.62. The SMILES string of the molecule is c1ccc(-c2ccc(N(c3ccccc3-c3ccccc3-c3cccc4ccccc34)c3ccccc3-c3cccc4c3oc3ccccc34)cc2)cc1. The quantitative estimate of drug-likeness (QED) is 0.166. The van der Waals surface area contributed by atoms with Crippen LogP contribution in [0.15, 0.2) is 217 Å². The summed E-state index contributed by atoms with van der Waals surface area (Å²) in [7, 11) is 0. The van der Waals surface area contributed by atoms with Crippen molar-refractivity contribution < 1.29 is 4.42 Å². The maximum Gasteiger partial charge on any atom is 0.143 e. The van der Waals surface area contributed by atoms with Crippen molar-refractivity contribution in [3.05, 3.63) is 212 Å². The Kier molecular flexibility index (Phi) is 7.85. The zero-order chi connectivity index (χ0) is 35.8. The second kappa shape index (κ2) is 13.4. The molecule has 0 saturated heterocycles. The highest BCUT2D eigenvalue weighted by Gasteiger charge is 2.23. The molecule has 1 aromatic heterocycles. The number of rotatable bonds is 7. The van der Waals surface area contributed by atoms with Crippen LogP contribution in [-0.2, 0) is 0 Å². The third-order valence-corrected chi connectivity index (χ3v) is 10.5. The van der Waals surface area contributed by atoms with E-state index in [0.717, 1.165) is 55.7 Å². The molecule has 254 valence electrons. The van der Waals surface area contributed by atoms with Gasteiger partial charge in [0.2, 0.25) is 0 Å². The highest BCUT2D eigenvalue weighted by Crippen LogP contribution is 2.48. The topological polar surface area (TPSA) is 16.4 Å². The molecule has 1 heterocycles. The molecule has 0 aliphatic rings. The first-order valence-electron chi connectivity index (χ1n) is 18.4. The van der Waals surface area contributed by atoms with Gasteiger partial charge in [-0.15, -0.1) is 0 Å². The number of benzene rings is 9. The fourth-order valence-corrected chi connectivity index (χ4v) is 8.01. The summed E-state index contributed by atoms with van der Waals surface area (Å²) in [5.41, 5.74) is 14.2. The Labute approximate surface area is 314 Å². The molecule has 0 fully saturated rings. The van der Waals surface area contributed by atoms with E-state index in [1.54, 1.807) is 0 Å². The average molecular weight is 690 g/mol. The molecule has 10 aromatic rings. The first-order valence-corrected chi connectivity index (χ1v) is 18.4. The highest BCUT2D eigenvalue weighted by atomic mass is 16.3. The molecule has 0 bridgehead atoms. The summed E-state index contributed by atoms with van der Waals surface area (Å²) < 4.78 is 6.62. The summed E-state index contributed by atoms with van der Waals surface area (Å²) in [5.74, 6) is 0. The Morgan fingerprint density at radius 2 is 0.778 bits per heavy atom. The minimum Gasteiger partial charge on any atom is -0.455 e. The summed E-state index contributed by atoms with van der Waals surface area (Å²) in [4.78, 5) is 2.42. The van der Waals surface area contributed by atoms with E-state index in [9.17, 15) is 0 Å². The molecular weight excluding hydrogens is 655 g/mol. The van der Waals surface area contributed by atoms with E-state index in [1.807, 2.05) is 6.07 Å². The molecule has 9 aromatic carbocycles. The van der Waals surface area contributed by atoms with E-state index in [1.165, 1.54) is 38.6 Å². The number of anilines is 3. The molecule has 0 aliphatic heterocycles. The second-order valence-corrected chi connectivity index (χ2v) is 13.6. The number of para-hydroxylation sites is 4. The molecule has 10 rings (SSSR count). The van der Waals surface area contributed by atoms with E-state index in [2.05, 4.69) is 211 Å². The fourth-order valence-electron chi connectivity index (χ4n) is 8.01. The first-order chi connectivity index (χ1) is 26.8. The molecule has 0 radical (unpaired) electrons. The van der Waals surface area contributed by atoms with Gasteiger partial charge in [-0.3, -0.25) is 0 Å². The lowest BCUT2D eigenvalue weighted by Crippen LogP contribution is -2.12. The number of hydrogen-bond acceptors (Lipinski definition) is 2. The van der Waals surface area contributed by atoms with Crippen LogP contribution in [0.4, 0.5) is 17.1 Å². The molecule has 2 heteroatoms. The summed E-state index contributed by atoms with van der Waals surface area (Å²) in [6.07, 6.45) is 0. The van der Waals surface area contributed by atoms with E-state index in [4.69, 9.17) is 4.42 Å². The van der Waals surface area contributed by atoms with Gasteiger partial charge < -0.3 is 9.32 Å². The first kappa shape index (κ1) is 31.6. The van der Waals surface area contributed by atoms with E-state index in [0.29, 0.717) is 0 Å². The standard InChI is InChI=1S/C52H35NO/c1-2-16-36(17-3-1)37-32-34-39(35-33-37)53(50-30-12-9-24-45(50)47-27-15-28-48-46-25-10-13-31-51(46)54-52(47)48)49-29-11-8-23-44(49)43-22-7-6-21-42(43)41-26-14-19-38-18-4-5-20-40(38)41/h1-35H. The Bertz CT molecular complexity index is 2930. The van der Waals surface area contributed by atoms with Gasteiger partial charge in [0.15, 0.2) is 0 Å². The molecular formula is C52H35NO. The van der Waals surface area contributed by atoms with Gasteiger partial charge in [0.25, 0.3) is 0 Å². The van der Waals surface area contributed by atoms with Crippen LogP contribution in [0.25, 0.3) is 77.2 Å². The Morgan fingerprint density at radius 1 is 0.296 bits per heavy atom. The lowest BCUT2D eigenvalue weighted by Gasteiger charge is -2.30. The van der Waals surface area contributed by atoms with Crippen LogP contribution in [0.1, 0.15) is 0 Å². The van der Waals surface area contributed by atoms with Crippen molar-refractivity contribution in [2.45, 2.75) is 0 Å². The van der Waals surface area contributed by atoms with Crippen LogP contribution in [0.2, 0.25) is 0 Å². The maximum absolute atomic E-state index is 6.62. The highest BCUT2D eigenvalue weighted by molar-refractivity contribution is 6.11. The summed E-state index contributed by atoms with van der Waals surface area (Å²) in [6.45, 7) is 0. The second-order valence-electron chi connectivity index (χ2n) is 13.6. The Hall–Kier alpha value is -7.16. The molecule has 0 amide bonds. The lowest BCUT2D eigenvalue weighted by molar-refractivity contribution is 0.670. The zero-order valence-corrected chi connectivity index (χ0v) is 29.6. The summed E-state index contributed by atoms with van der Waals surface area (Å²) in [6, 6.07) is 75.9. The number of furan rings is 1. The van der Waals surface area contributed by atoms with Gasteiger partial charge in [0, 0.05) is 33.2 Å². The molecule has 0 aliphatic carbocycles. The number of fused-ring (bicyclic) bond motifs is 4. The van der Waals surface area contributed by atoms with Gasteiger partial charge in [-0.05, 0) is 68.9 Å². The summed E-state index contributed by atoms with van der Waals surface area (Å²) >= 11 is 0. The van der Waals surface area contributed by atoms with Crippen molar-refractivity contribution >= 4 is 49.8 Å². The lowest BCUT2D eigenvalue weighted by atomic mass is 9.90. The van der Waals surface area contributed by atoms with Gasteiger partial charge in [-0.25, -0.2) is 0 Å². The molecule has 0 atom stereocenters. The third-order valence-electron chi connectivity index (χ3n) is 10.5. The number of nitrogens with zero attached hydrogens (tertiary/aromatic N) is 1. The van der Waals surface area contributed by atoms with E-state index in [-0.39, 0.29) is 0 Å². The minimum absolute atomic E-state index is 0.889. The van der Waals surface area contributed by atoms with Crippen LogP contribution in [0.3, 0.4) is 0 Å². The zero-order valence-electron chi connectivity index (χ0n) is 29.6. The van der Waals surface area contributed by atoms with Crippen molar-refractivity contribution in [1.29, 1.82) is 0 Å². The van der Waals surface area contributed by atoms with Crippen molar-refractivity contribution in [3.63, 3.8) is 0 Å². The fraction of sp³-hybridized carbons (Fsp3) is 0. The van der Waals surface area contributed by atoms with Gasteiger partial charge in [0.1, 0.15) is 11.2 Å². The molecule has 0 spiro atoms. The van der Waals surface area contributed by atoms with Gasteiger partial charge in [-0.1, -0.05) is 182 Å². The summed E-state index contributed by atoms with van der Waals surface area (Å²) in [5, 5.41) is 4.70. The van der Waals surface area contributed by atoms with Crippen molar-refractivity contribution in [1.82, 2.24) is 0 Å². The van der Waals surface area contributed by atoms with Crippen LogP contribution < -0.4 is 4.90 Å². The van der Waals surface area contributed by atoms with Crippen LogP contribution in [0.5, 0.6) is 0 Å². The minimum atomic E-state index is 0.889. The van der Waals surface area contributed by atoms with Crippen molar-refractivity contribution in [2.75, 3.05) is 4.90 Å². The Balaban J connectivity index is 1.21. The van der Waals surface area contributed by atoms with E-state index >= 15 is 0 Å². The Morgan fingerprint density at radius 3 is 1.54 bits per heavy atom. The predicted molar refractivity (Wildman–Crippen MR) is 228 cm³/mol. The molecule has 2 nitrogen and oxygen atoms in total. The average Bonchev–Trinajstić information content (AvgIpc) is 3.64. The van der Waals surface area contributed by atoms with Gasteiger partial charge in [-0.2, -0.15) is 0 Å². The normalized spacial score (nSPS) is 11.3. The van der Waals surface area contributed by atoms with Gasteiger partial charge >= 0.3 is 0 Å². The third kappa shape index (κ3) is 5.44. The monoisotopic (exact) mass is 689 g/mol. The van der Waals surface area contributed by atoms with Crippen molar-refractivity contribution in [3.8, 4) is 44.5 Å². The largest absolute Gasteiger partial charge is 0.455 e. The van der Waals surface area contributed by atoms with Crippen LogP contribution in [0, 0.1) is 0 Å². The number of hydrogen-bond donors (Lipinski definition) is 0. The van der Waals surface area contributed by atoms with Gasteiger partial charge in [0.05, 0.1) is 11.4 Å². The molecule has 0 unspecified atom stereocenters. The molecule has 54 heavy (non-hydrogen) atoms. The van der Waals surface area contributed by atoms with Crippen LogP contribution >= 0.6 is 0 Å². The van der Waals surface area contributed by atoms with Crippen LogP contribution in [-0.4, -0.2) is 0 Å².